The summed E-state index contributed by atoms with van der Waals surface area (Å²) in [6.07, 6.45) is 9.14. The summed E-state index contributed by atoms with van der Waals surface area (Å²) < 4.78 is 7.64. The number of fused-ring (bicyclic) bond motifs is 9. The van der Waals surface area contributed by atoms with E-state index in [2.05, 4.69) is 179 Å². The van der Waals surface area contributed by atoms with Crippen molar-refractivity contribution >= 4 is 80.8 Å². The maximum atomic E-state index is 2.50. The summed E-state index contributed by atoms with van der Waals surface area (Å²) in [5.74, 6) is 0. The van der Waals surface area contributed by atoms with Crippen LogP contribution in [0.5, 0.6) is 0 Å². The summed E-state index contributed by atoms with van der Waals surface area (Å²) in [5, 5.41) is 7.72. The third kappa shape index (κ3) is 4.22. The molecule has 0 fully saturated rings. The minimum atomic E-state index is 1.06. The fourth-order valence-corrected chi connectivity index (χ4v) is 9.78. The SMILES string of the molecule is C1=CC(n2c3ccccc3c3cccc(-c4cccc5c4c4ccccc4n5-c4cc(-c5ccccc5)c5sc6ccccc6c5c4)c32)=CCC1. The monoisotopic (exact) mass is 668 g/mol. The van der Waals surface area contributed by atoms with E-state index in [-0.39, 0.29) is 0 Å². The fraction of sp³-hybridized carbons (Fsp3) is 0.0417. The van der Waals surface area contributed by atoms with Gasteiger partial charge in [-0.2, -0.15) is 0 Å². The fourth-order valence-electron chi connectivity index (χ4n) is 8.56. The number of aromatic nitrogens is 2. The second-order valence-corrected chi connectivity index (χ2v) is 14.6. The van der Waals surface area contributed by atoms with Crippen molar-refractivity contribution in [1.29, 1.82) is 0 Å². The smallest absolute Gasteiger partial charge is 0.0619 e. The Morgan fingerprint density at radius 3 is 2.00 bits per heavy atom. The van der Waals surface area contributed by atoms with E-state index in [1.807, 2.05) is 11.3 Å². The molecule has 0 aliphatic heterocycles. The van der Waals surface area contributed by atoms with Crippen molar-refractivity contribution in [1.82, 2.24) is 9.13 Å². The van der Waals surface area contributed by atoms with Gasteiger partial charge in [0.25, 0.3) is 0 Å². The molecule has 51 heavy (non-hydrogen) atoms. The minimum absolute atomic E-state index is 1.06. The van der Waals surface area contributed by atoms with E-state index in [0.29, 0.717) is 0 Å². The molecule has 3 heteroatoms. The van der Waals surface area contributed by atoms with Crippen LogP contribution in [0.3, 0.4) is 0 Å². The quantitative estimate of drug-likeness (QED) is 0.177. The van der Waals surface area contributed by atoms with Crippen LogP contribution in [0.25, 0.3) is 97.4 Å². The summed E-state index contributed by atoms with van der Waals surface area (Å²) in [6, 6.07) is 56.1. The second-order valence-electron chi connectivity index (χ2n) is 13.5. The van der Waals surface area contributed by atoms with Crippen molar-refractivity contribution < 1.29 is 0 Å². The number of rotatable bonds is 4. The first-order valence-corrected chi connectivity index (χ1v) is 18.6. The molecule has 11 rings (SSSR count). The maximum Gasteiger partial charge on any atom is 0.0619 e. The van der Waals surface area contributed by atoms with Crippen LogP contribution >= 0.6 is 11.3 Å². The molecule has 7 aromatic carbocycles. The van der Waals surface area contributed by atoms with Crippen molar-refractivity contribution in [2.45, 2.75) is 12.8 Å². The molecule has 3 aromatic heterocycles. The topological polar surface area (TPSA) is 9.86 Å². The zero-order valence-electron chi connectivity index (χ0n) is 27.9. The highest BCUT2D eigenvalue weighted by Crippen LogP contribution is 2.46. The molecule has 0 saturated carbocycles. The summed E-state index contributed by atoms with van der Waals surface area (Å²) in [7, 11) is 0. The number of hydrogen-bond acceptors (Lipinski definition) is 1. The molecule has 2 nitrogen and oxygen atoms in total. The Labute approximate surface area is 299 Å². The number of para-hydroxylation sites is 3. The number of benzene rings is 7. The molecule has 0 unspecified atom stereocenters. The highest BCUT2D eigenvalue weighted by molar-refractivity contribution is 7.26. The van der Waals surface area contributed by atoms with Crippen LogP contribution in [0.2, 0.25) is 0 Å². The third-order valence-electron chi connectivity index (χ3n) is 10.7. The van der Waals surface area contributed by atoms with Gasteiger partial charge >= 0.3 is 0 Å². The molecule has 0 N–H and O–H groups in total. The van der Waals surface area contributed by atoms with E-state index in [1.54, 1.807) is 0 Å². The lowest BCUT2D eigenvalue weighted by Crippen LogP contribution is -1.98. The van der Waals surface area contributed by atoms with Crippen LogP contribution in [-0.2, 0) is 0 Å². The zero-order chi connectivity index (χ0) is 33.5. The van der Waals surface area contributed by atoms with Gasteiger partial charge in [0.2, 0.25) is 0 Å². The lowest BCUT2D eigenvalue weighted by molar-refractivity contribution is 1.02. The van der Waals surface area contributed by atoms with Crippen LogP contribution in [0.1, 0.15) is 12.8 Å². The van der Waals surface area contributed by atoms with Gasteiger partial charge in [-0.3, -0.25) is 0 Å². The van der Waals surface area contributed by atoms with Gasteiger partial charge in [0.15, 0.2) is 0 Å². The van der Waals surface area contributed by atoms with Gasteiger partial charge in [-0.15, -0.1) is 11.3 Å². The van der Waals surface area contributed by atoms with Crippen molar-refractivity contribution in [2.75, 3.05) is 0 Å². The molecule has 10 aromatic rings. The zero-order valence-corrected chi connectivity index (χ0v) is 28.7. The Bertz CT molecular complexity index is 3070. The summed E-state index contributed by atoms with van der Waals surface area (Å²) >= 11 is 1.89. The van der Waals surface area contributed by atoms with Crippen LogP contribution in [0.15, 0.2) is 170 Å². The highest BCUT2D eigenvalue weighted by atomic mass is 32.1. The van der Waals surface area contributed by atoms with E-state index in [0.717, 1.165) is 12.8 Å². The Hall–Kier alpha value is -6.16. The maximum absolute atomic E-state index is 2.50. The van der Waals surface area contributed by atoms with Gasteiger partial charge in [-0.25, -0.2) is 0 Å². The van der Waals surface area contributed by atoms with Gasteiger partial charge in [0.05, 0.1) is 22.1 Å². The average molecular weight is 669 g/mol. The molecule has 0 spiro atoms. The van der Waals surface area contributed by atoms with Crippen molar-refractivity contribution in [3.05, 3.63) is 170 Å². The largest absolute Gasteiger partial charge is 0.309 e. The van der Waals surface area contributed by atoms with Gasteiger partial charge in [0.1, 0.15) is 0 Å². The molecule has 0 radical (unpaired) electrons. The van der Waals surface area contributed by atoms with E-state index < -0.39 is 0 Å². The Morgan fingerprint density at radius 1 is 0.471 bits per heavy atom. The number of allylic oxidation sites excluding steroid dienone is 4. The first-order valence-electron chi connectivity index (χ1n) is 17.8. The number of nitrogens with zero attached hydrogens (tertiary/aromatic N) is 2. The van der Waals surface area contributed by atoms with Crippen LogP contribution in [0.4, 0.5) is 0 Å². The predicted octanol–water partition coefficient (Wildman–Crippen LogP) is 13.8. The highest BCUT2D eigenvalue weighted by Gasteiger charge is 2.22. The third-order valence-corrected chi connectivity index (χ3v) is 11.9. The Kier molecular flexibility index (Phi) is 6.28. The minimum Gasteiger partial charge on any atom is -0.309 e. The van der Waals surface area contributed by atoms with Crippen molar-refractivity contribution in [3.8, 4) is 27.9 Å². The summed E-state index contributed by atoms with van der Waals surface area (Å²) in [6.45, 7) is 0. The van der Waals surface area contributed by atoms with E-state index in [1.165, 1.54) is 97.4 Å². The molecular weight excluding hydrogens is 637 g/mol. The van der Waals surface area contributed by atoms with Crippen LogP contribution in [0, 0.1) is 0 Å². The van der Waals surface area contributed by atoms with E-state index in [9.17, 15) is 0 Å². The average Bonchev–Trinajstić information content (AvgIpc) is 3.86. The van der Waals surface area contributed by atoms with Crippen LogP contribution in [-0.4, -0.2) is 9.13 Å². The first-order chi connectivity index (χ1) is 25.3. The Balaban J connectivity index is 1.25. The molecule has 1 aliphatic rings. The van der Waals surface area contributed by atoms with Gasteiger partial charge in [-0.1, -0.05) is 127 Å². The summed E-state index contributed by atoms with van der Waals surface area (Å²) in [5.41, 5.74) is 12.4. The number of thiophene rings is 1. The molecule has 3 heterocycles. The molecule has 0 amide bonds. The first kappa shape index (κ1) is 28.7. The predicted molar refractivity (Wildman–Crippen MR) is 220 cm³/mol. The standard InChI is InChI=1S/C48H32N2S/c1-3-15-31(16-4-1)40-29-33(30-41-35-20-9-12-28-45(35)51-48(40)41)49-43-26-11-8-21-39(43)46-36(22-14-27-44(46)49)38-24-13-23-37-34-19-7-10-25-42(34)50(47(37)38)32-17-5-2-6-18-32/h1,3-5,7-30H,2,6H2. The van der Waals surface area contributed by atoms with E-state index in [4.69, 9.17) is 0 Å². The molecular formula is C48H32N2S. The molecule has 0 bridgehead atoms. The Morgan fingerprint density at radius 2 is 1.16 bits per heavy atom. The molecule has 1 aliphatic carbocycles. The molecule has 0 atom stereocenters. The summed E-state index contributed by atoms with van der Waals surface area (Å²) in [4.78, 5) is 0. The van der Waals surface area contributed by atoms with Gasteiger partial charge in [-0.05, 0) is 66.4 Å². The second kappa shape index (κ2) is 11.2. The molecule has 0 saturated heterocycles. The van der Waals surface area contributed by atoms with Gasteiger partial charge in [0, 0.05) is 64.2 Å². The number of hydrogen-bond donors (Lipinski definition) is 0. The molecule has 240 valence electrons. The van der Waals surface area contributed by atoms with Crippen LogP contribution < -0.4 is 0 Å². The van der Waals surface area contributed by atoms with Crippen molar-refractivity contribution in [3.63, 3.8) is 0 Å². The van der Waals surface area contributed by atoms with E-state index >= 15 is 0 Å². The lowest BCUT2D eigenvalue weighted by atomic mass is 9.97. The lowest BCUT2D eigenvalue weighted by Gasteiger charge is -2.15. The normalized spacial score (nSPS) is 13.4. The van der Waals surface area contributed by atoms with Gasteiger partial charge < -0.3 is 9.13 Å². The van der Waals surface area contributed by atoms with Crippen molar-refractivity contribution in [2.24, 2.45) is 0 Å².